The quantitative estimate of drug-likeness (QED) is 0.737. The van der Waals surface area contributed by atoms with Crippen LogP contribution < -0.4 is 5.56 Å². The molecule has 4 heteroatoms. The maximum absolute atomic E-state index is 14.0. The second kappa shape index (κ2) is 5.48. The number of halogens is 1. The summed E-state index contributed by atoms with van der Waals surface area (Å²) in [6.45, 7) is 2.03. The molecule has 3 aromatic rings. The molecule has 0 aliphatic heterocycles. The molecule has 0 amide bonds. The largest absolute Gasteiger partial charge is 0.268 e. The van der Waals surface area contributed by atoms with Crippen molar-refractivity contribution >= 4 is 10.9 Å². The van der Waals surface area contributed by atoms with Crippen molar-refractivity contribution in [2.45, 2.75) is 19.8 Å². The second-order valence-corrected chi connectivity index (χ2v) is 4.89. The lowest BCUT2D eigenvalue weighted by molar-refractivity contribution is 0.636. The van der Waals surface area contributed by atoms with Crippen molar-refractivity contribution in [3.63, 3.8) is 0 Å². The normalized spacial score (nSPS) is 11.0. The monoisotopic (exact) mass is 282 g/mol. The minimum Gasteiger partial charge on any atom is -0.268 e. The van der Waals surface area contributed by atoms with E-state index in [1.165, 1.54) is 10.6 Å². The zero-order valence-corrected chi connectivity index (χ0v) is 11.7. The van der Waals surface area contributed by atoms with Crippen LogP contribution in [0.4, 0.5) is 4.39 Å². The van der Waals surface area contributed by atoms with E-state index in [9.17, 15) is 9.18 Å². The number of hydrogen-bond acceptors (Lipinski definition) is 2. The summed E-state index contributed by atoms with van der Waals surface area (Å²) in [6.07, 6.45) is 1.52. The molecule has 0 aliphatic carbocycles. The van der Waals surface area contributed by atoms with Crippen molar-refractivity contribution in [1.29, 1.82) is 0 Å². The van der Waals surface area contributed by atoms with Crippen LogP contribution >= 0.6 is 0 Å². The van der Waals surface area contributed by atoms with Crippen LogP contribution in [0.3, 0.4) is 0 Å². The Bertz CT molecular complexity index is 841. The van der Waals surface area contributed by atoms with Crippen molar-refractivity contribution in [1.82, 2.24) is 9.55 Å². The number of fused-ring (bicyclic) bond motifs is 1. The highest BCUT2D eigenvalue weighted by Gasteiger charge is 2.14. The number of para-hydroxylation sites is 1. The van der Waals surface area contributed by atoms with Gasteiger partial charge in [0.15, 0.2) is 0 Å². The molecule has 0 atom stereocenters. The molecule has 1 heterocycles. The van der Waals surface area contributed by atoms with Gasteiger partial charge in [-0.25, -0.2) is 9.37 Å². The van der Waals surface area contributed by atoms with E-state index >= 15 is 0 Å². The first-order valence-electron chi connectivity index (χ1n) is 6.98. The third kappa shape index (κ3) is 2.33. The third-order valence-electron chi connectivity index (χ3n) is 3.40. The molecular formula is C17H15FN2O. The molecule has 0 unspecified atom stereocenters. The van der Waals surface area contributed by atoms with Crippen molar-refractivity contribution in [3.05, 3.63) is 70.5 Å². The van der Waals surface area contributed by atoms with E-state index < -0.39 is 5.82 Å². The van der Waals surface area contributed by atoms with Gasteiger partial charge in [-0.1, -0.05) is 31.2 Å². The SMILES string of the molecule is CCCc1nc2cccc(F)c2c(=O)n1-c1ccccc1. The van der Waals surface area contributed by atoms with Gasteiger partial charge in [0.25, 0.3) is 5.56 Å². The van der Waals surface area contributed by atoms with Gasteiger partial charge in [0.1, 0.15) is 17.0 Å². The summed E-state index contributed by atoms with van der Waals surface area (Å²) < 4.78 is 15.5. The number of aromatic nitrogens is 2. The number of benzene rings is 2. The molecule has 0 fully saturated rings. The Morgan fingerprint density at radius 3 is 2.57 bits per heavy atom. The molecule has 3 nitrogen and oxygen atoms in total. The molecule has 0 saturated carbocycles. The highest BCUT2D eigenvalue weighted by Crippen LogP contribution is 2.16. The van der Waals surface area contributed by atoms with Gasteiger partial charge in [0.05, 0.1) is 11.2 Å². The summed E-state index contributed by atoms with van der Waals surface area (Å²) in [5.74, 6) is 0.129. The first-order chi connectivity index (χ1) is 10.2. The summed E-state index contributed by atoms with van der Waals surface area (Å²) in [6, 6.07) is 13.8. The molecule has 21 heavy (non-hydrogen) atoms. The van der Waals surface area contributed by atoms with Gasteiger partial charge >= 0.3 is 0 Å². The van der Waals surface area contributed by atoms with Gasteiger partial charge in [-0.2, -0.15) is 0 Å². The summed E-state index contributed by atoms with van der Waals surface area (Å²) in [4.78, 5) is 17.2. The summed E-state index contributed by atoms with van der Waals surface area (Å²) in [5.41, 5.74) is 0.770. The van der Waals surface area contributed by atoms with E-state index in [1.807, 2.05) is 37.3 Å². The highest BCUT2D eigenvalue weighted by molar-refractivity contribution is 5.78. The van der Waals surface area contributed by atoms with Crippen LogP contribution in [0.5, 0.6) is 0 Å². The fourth-order valence-corrected chi connectivity index (χ4v) is 2.47. The van der Waals surface area contributed by atoms with Crippen LogP contribution in [0, 0.1) is 5.82 Å². The Labute approximate surface area is 121 Å². The summed E-state index contributed by atoms with van der Waals surface area (Å²) in [5, 5.41) is 0.0428. The lowest BCUT2D eigenvalue weighted by atomic mass is 10.2. The first kappa shape index (κ1) is 13.5. The van der Waals surface area contributed by atoms with Gasteiger partial charge in [-0.15, -0.1) is 0 Å². The van der Waals surface area contributed by atoms with Gasteiger partial charge in [0.2, 0.25) is 0 Å². The van der Waals surface area contributed by atoms with Gasteiger partial charge in [-0.05, 0) is 30.7 Å². The molecule has 0 radical (unpaired) electrons. The molecule has 0 aliphatic rings. The first-order valence-corrected chi connectivity index (χ1v) is 6.98. The van der Waals surface area contributed by atoms with E-state index in [0.717, 1.165) is 6.42 Å². The zero-order chi connectivity index (χ0) is 14.8. The average molecular weight is 282 g/mol. The Hall–Kier alpha value is -2.49. The standard InChI is InChI=1S/C17H15FN2O/c1-2-7-15-19-14-11-6-10-13(18)16(14)17(21)20(15)12-8-4-3-5-9-12/h3-6,8-11H,2,7H2,1H3. The number of hydrogen-bond donors (Lipinski definition) is 0. The number of rotatable bonds is 3. The van der Waals surface area contributed by atoms with E-state index in [1.54, 1.807) is 12.1 Å². The Kier molecular flexibility index (Phi) is 3.52. The second-order valence-electron chi connectivity index (χ2n) is 4.89. The highest BCUT2D eigenvalue weighted by atomic mass is 19.1. The number of aryl methyl sites for hydroxylation is 1. The smallest absolute Gasteiger partial charge is 0.268 e. The van der Waals surface area contributed by atoms with Gasteiger partial charge in [0, 0.05) is 6.42 Å². The van der Waals surface area contributed by atoms with Gasteiger partial charge in [-0.3, -0.25) is 9.36 Å². The minimum atomic E-state index is -0.530. The van der Waals surface area contributed by atoms with Crippen LogP contribution in [0.1, 0.15) is 19.2 Å². The molecule has 0 N–H and O–H groups in total. The van der Waals surface area contributed by atoms with Crippen LogP contribution in [-0.2, 0) is 6.42 Å². The third-order valence-corrected chi connectivity index (χ3v) is 3.40. The molecule has 1 aromatic heterocycles. The van der Waals surface area contributed by atoms with E-state index in [-0.39, 0.29) is 10.9 Å². The molecular weight excluding hydrogens is 267 g/mol. The fraction of sp³-hybridized carbons (Fsp3) is 0.176. The summed E-state index contributed by atoms with van der Waals surface area (Å²) >= 11 is 0. The van der Waals surface area contributed by atoms with Gasteiger partial charge < -0.3 is 0 Å². The number of nitrogens with zero attached hydrogens (tertiary/aromatic N) is 2. The maximum atomic E-state index is 14.0. The van der Waals surface area contributed by atoms with Crippen molar-refractivity contribution < 1.29 is 4.39 Å². The predicted molar refractivity (Wildman–Crippen MR) is 81.3 cm³/mol. The topological polar surface area (TPSA) is 34.9 Å². The minimum absolute atomic E-state index is 0.0428. The molecule has 106 valence electrons. The Balaban J connectivity index is 2.41. The fourth-order valence-electron chi connectivity index (χ4n) is 2.47. The molecule has 0 bridgehead atoms. The van der Waals surface area contributed by atoms with E-state index in [0.29, 0.717) is 23.4 Å². The molecule has 3 rings (SSSR count). The van der Waals surface area contributed by atoms with Crippen LogP contribution in [-0.4, -0.2) is 9.55 Å². The predicted octanol–water partition coefficient (Wildman–Crippen LogP) is 3.48. The average Bonchev–Trinajstić information content (AvgIpc) is 2.48. The Morgan fingerprint density at radius 1 is 1.10 bits per heavy atom. The lowest BCUT2D eigenvalue weighted by Gasteiger charge is -2.13. The Morgan fingerprint density at radius 2 is 1.86 bits per heavy atom. The molecule has 0 spiro atoms. The maximum Gasteiger partial charge on any atom is 0.268 e. The van der Waals surface area contributed by atoms with E-state index in [4.69, 9.17) is 0 Å². The van der Waals surface area contributed by atoms with Crippen molar-refractivity contribution in [3.8, 4) is 5.69 Å². The van der Waals surface area contributed by atoms with Crippen molar-refractivity contribution in [2.24, 2.45) is 0 Å². The summed E-state index contributed by atoms with van der Waals surface area (Å²) in [7, 11) is 0. The molecule has 0 saturated heterocycles. The van der Waals surface area contributed by atoms with E-state index in [2.05, 4.69) is 4.98 Å². The van der Waals surface area contributed by atoms with Crippen LogP contribution in [0.15, 0.2) is 53.3 Å². The van der Waals surface area contributed by atoms with Crippen LogP contribution in [0.2, 0.25) is 0 Å². The van der Waals surface area contributed by atoms with Crippen molar-refractivity contribution in [2.75, 3.05) is 0 Å². The van der Waals surface area contributed by atoms with Crippen LogP contribution in [0.25, 0.3) is 16.6 Å². The molecule has 2 aromatic carbocycles. The lowest BCUT2D eigenvalue weighted by Crippen LogP contribution is -2.24. The zero-order valence-electron chi connectivity index (χ0n) is 11.7.